The molecule has 1 aliphatic heterocycles. The van der Waals surface area contributed by atoms with Gasteiger partial charge >= 0.3 is 0 Å². The predicted octanol–water partition coefficient (Wildman–Crippen LogP) is 1.97. The number of fused-ring (bicyclic) bond motifs is 3. The number of carbonyl (C=O) groups is 1. The lowest BCUT2D eigenvalue weighted by atomic mass is 9.97. The molecule has 6 nitrogen and oxygen atoms in total. The molecule has 0 bridgehead atoms. The first kappa shape index (κ1) is 19.3. The van der Waals surface area contributed by atoms with Crippen molar-refractivity contribution in [3.05, 3.63) is 27.1 Å². The maximum absolute atomic E-state index is 12.9. The molecule has 2 aromatic rings. The lowest BCUT2D eigenvalue weighted by molar-refractivity contribution is -0.134. The van der Waals surface area contributed by atoms with Gasteiger partial charge in [-0.15, -0.1) is 23.7 Å². The summed E-state index contributed by atoms with van der Waals surface area (Å²) in [4.78, 5) is 34.0. The average Bonchev–Trinajstić information content (AvgIpc) is 3.00. The molecule has 1 atom stereocenters. The topological polar surface area (TPSA) is 67.2 Å². The van der Waals surface area contributed by atoms with E-state index >= 15 is 0 Å². The molecule has 0 aromatic carbocycles. The van der Waals surface area contributed by atoms with Crippen LogP contribution in [0.2, 0.25) is 0 Å². The Hall–Kier alpha value is -1.44. The summed E-state index contributed by atoms with van der Waals surface area (Å²) in [7, 11) is 0. The van der Waals surface area contributed by atoms with E-state index in [4.69, 9.17) is 0 Å². The van der Waals surface area contributed by atoms with Crippen LogP contribution in [0.4, 0.5) is 0 Å². The van der Waals surface area contributed by atoms with Crippen LogP contribution in [-0.4, -0.2) is 46.0 Å². The van der Waals surface area contributed by atoms with Crippen molar-refractivity contribution in [2.45, 2.75) is 51.6 Å². The first-order valence-electron chi connectivity index (χ1n) is 9.15. The van der Waals surface area contributed by atoms with Crippen LogP contribution in [0.25, 0.3) is 10.2 Å². The fourth-order valence-corrected chi connectivity index (χ4v) is 5.13. The molecule has 3 heterocycles. The highest BCUT2D eigenvalue weighted by atomic mass is 35.5. The van der Waals surface area contributed by atoms with E-state index in [-0.39, 0.29) is 29.9 Å². The smallest absolute Gasteiger partial charge is 0.262 e. The zero-order valence-corrected chi connectivity index (χ0v) is 16.6. The summed E-state index contributed by atoms with van der Waals surface area (Å²) >= 11 is 1.66. The Kier molecular flexibility index (Phi) is 5.99. The molecule has 8 heteroatoms. The Balaban J connectivity index is 0.00000196. The van der Waals surface area contributed by atoms with Gasteiger partial charge in [0.05, 0.1) is 11.7 Å². The summed E-state index contributed by atoms with van der Waals surface area (Å²) < 4.78 is 1.62. The highest BCUT2D eigenvalue weighted by Crippen LogP contribution is 2.33. The van der Waals surface area contributed by atoms with Crippen LogP contribution >= 0.6 is 23.7 Å². The van der Waals surface area contributed by atoms with Gasteiger partial charge in [0.1, 0.15) is 4.83 Å². The second-order valence-electron chi connectivity index (χ2n) is 7.02. The van der Waals surface area contributed by atoms with Gasteiger partial charge in [-0.25, -0.2) is 4.98 Å². The summed E-state index contributed by atoms with van der Waals surface area (Å²) in [6.07, 6.45) is 6.35. The number of hydrogen-bond acceptors (Lipinski definition) is 5. The van der Waals surface area contributed by atoms with Crippen LogP contribution < -0.4 is 10.9 Å². The highest BCUT2D eigenvalue weighted by Gasteiger charge is 2.23. The number of thiophene rings is 1. The lowest BCUT2D eigenvalue weighted by Gasteiger charge is -2.34. The summed E-state index contributed by atoms with van der Waals surface area (Å²) in [5, 5.41) is 4.09. The molecule has 2 aliphatic rings. The van der Waals surface area contributed by atoms with Gasteiger partial charge in [-0.05, 0) is 38.2 Å². The molecule has 1 saturated heterocycles. The van der Waals surface area contributed by atoms with E-state index < -0.39 is 0 Å². The van der Waals surface area contributed by atoms with Gasteiger partial charge in [0, 0.05) is 43.5 Å². The fraction of sp³-hybridized carbons (Fsp3) is 0.611. The third-order valence-corrected chi connectivity index (χ3v) is 6.53. The number of aryl methyl sites for hydroxylation is 3. The molecular weight excluding hydrogens is 372 g/mol. The Morgan fingerprint density at radius 1 is 1.38 bits per heavy atom. The molecule has 4 rings (SSSR count). The molecular formula is C18H25ClN4O2S. The van der Waals surface area contributed by atoms with Gasteiger partial charge in [-0.1, -0.05) is 0 Å². The molecule has 1 aliphatic carbocycles. The van der Waals surface area contributed by atoms with Gasteiger partial charge in [0.25, 0.3) is 5.56 Å². The molecule has 1 unspecified atom stereocenters. The van der Waals surface area contributed by atoms with E-state index in [1.54, 1.807) is 22.2 Å². The SMILES string of the molecule is CC1CNCCN1C(=O)CCn1cnc2sc3c(c2c1=O)CCCC3.Cl. The van der Waals surface area contributed by atoms with E-state index in [2.05, 4.69) is 17.2 Å². The predicted molar refractivity (Wildman–Crippen MR) is 106 cm³/mol. The van der Waals surface area contributed by atoms with E-state index in [0.29, 0.717) is 13.0 Å². The number of hydrogen-bond donors (Lipinski definition) is 1. The molecule has 1 fully saturated rings. The minimum atomic E-state index is 0. The monoisotopic (exact) mass is 396 g/mol. The zero-order chi connectivity index (χ0) is 17.4. The number of piperazine rings is 1. The van der Waals surface area contributed by atoms with Crippen LogP contribution in [0, 0.1) is 0 Å². The lowest BCUT2D eigenvalue weighted by Crippen LogP contribution is -2.52. The van der Waals surface area contributed by atoms with Crippen molar-refractivity contribution in [3.8, 4) is 0 Å². The van der Waals surface area contributed by atoms with E-state index in [0.717, 1.165) is 49.1 Å². The van der Waals surface area contributed by atoms with Crippen molar-refractivity contribution in [2.24, 2.45) is 0 Å². The van der Waals surface area contributed by atoms with Crippen molar-refractivity contribution in [3.63, 3.8) is 0 Å². The second-order valence-corrected chi connectivity index (χ2v) is 8.11. The number of rotatable bonds is 3. The van der Waals surface area contributed by atoms with Gasteiger partial charge in [-0.3, -0.25) is 14.2 Å². The Morgan fingerprint density at radius 3 is 3.00 bits per heavy atom. The summed E-state index contributed by atoms with van der Waals surface area (Å²) in [6, 6.07) is 0.211. The van der Waals surface area contributed by atoms with Crippen molar-refractivity contribution in [1.29, 1.82) is 0 Å². The van der Waals surface area contributed by atoms with Gasteiger partial charge in [0.2, 0.25) is 5.91 Å². The number of aromatic nitrogens is 2. The van der Waals surface area contributed by atoms with Crippen LogP contribution in [0.5, 0.6) is 0 Å². The van der Waals surface area contributed by atoms with Gasteiger partial charge in [0.15, 0.2) is 0 Å². The van der Waals surface area contributed by atoms with Crippen LogP contribution in [0.3, 0.4) is 0 Å². The maximum atomic E-state index is 12.9. The highest BCUT2D eigenvalue weighted by molar-refractivity contribution is 7.18. The first-order valence-corrected chi connectivity index (χ1v) is 9.96. The normalized spacial score (nSPS) is 19.9. The Labute approximate surface area is 163 Å². The van der Waals surface area contributed by atoms with Crippen LogP contribution in [-0.2, 0) is 24.2 Å². The van der Waals surface area contributed by atoms with E-state index in [1.807, 2.05) is 4.90 Å². The molecule has 0 radical (unpaired) electrons. The summed E-state index contributed by atoms with van der Waals surface area (Å²) in [5.74, 6) is 0.119. The molecule has 2 aromatic heterocycles. The van der Waals surface area contributed by atoms with Crippen molar-refractivity contribution in [1.82, 2.24) is 19.8 Å². The summed E-state index contributed by atoms with van der Waals surface area (Å²) in [6.45, 7) is 4.87. The van der Waals surface area contributed by atoms with Crippen molar-refractivity contribution in [2.75, 3.05) is 19.6 Å². The minimum absolute atomic E-state index is 0. The minimum Gasteiger partial charge on any atom is -0.337 e. The van der Waals surface area contributed by atoms with E-state index in [9.17, 15) is 9.59 Å². The third-order valence-electron chi connectivity index (χ3n) is 5.33. The third kappa shape index (κ3) is 3.52. The molecule has 0 saturated carbocycles. The molecule has 1 amide bonds. The molecule has 26 heavy (non-hydrogen) atoms. The zero-order valence-electron chi connectivity index (χ0n) is 15.0. The maximum Gasteiger partial charge on any atom is 0.262 e. The Bertz CT molecular complexity index is 863. The summed E-state index contributed by atoms with van der Waals surface area (Å²) in [5.41, 5.74) is 1.23. The number of nitrogens with zero attached hydrogens (tertiary/aromatic N) is 3. The number of nitrogens with one attached hydrogen (secondary N) is 1. The number of amides is 1. The van der Waals surface area contributed by atoms with E-state index in [1.165, 1.54) is 16.9 Å². The number of halogens is 1. The first-order chi connectivity index (χ1) is 12.1. The van der Waals surface area contributed by atoms with Crippen LogP contribution in [0.15, 0.2) is 11.1 Å². The quantitative estimate of drug-likeness (QED) is 0.861. The average molecular weight is 397 g/mol. The second kappa shape index (κ2) is 8.06. The molecule has 142 valence electrons. The van der Waals surface area contributed by atoms with Crippen molar-refractivity contribution >= 4 is 39.9 Å². The molecule has 0 spiro atoms. The number of carbonyl (C=O) groups excluding carboxylic acids is 1. The molecule has 1 N–H and O–H groups in total. The van der Waals surface area contributed by atoms with Gasteiger partial charge in [-0.2, -0.15) is 0 Å². The fourth-order valence-electron chi connectivity index (χ4n) is 3.91. The standard InChI is InChI=1S/C18H24N4O2S.ClH/c1-12-10-19-7-9-22(12)15(23)6-8-21-11-20-17-16(18(21)24)13-4-2-3-5-14(13)25-17;/h11-12,19H,2-10H2,1H3;1H. The van der Waals surface area contributed by atoms with Crippen LogP contribution in [0.1, 0.15) is 36.6 Å². The largest absolute Gasteiger partial charge is 0.337 e. The van der Waals surface area contributed by atoms with Crippen molar-refractivity contribution < 1.29 is 4.79 Å². The van der Waals surface area contributed by atoms with Gasteiger partial charge < -0.3 is 10.2 Å². The Morgan fingerprint density at radius 2 is 2.19 bits per heavy atom.